The second-order valence-corrected chi connectivity index (χ2v) is 22.7. The quantitative estimate of drug-likeness (QED) is 0.158. The molecule has 0 unspecified atom stereocenters. The molecule has 0 aliphatic carbocycles. The summed E-state index contributed by atoms with van der Waals surface area (Å²) in [5, 5.41) is 10.0. The molecule has 0 fully saturated rings. The zero-order valence-electron chi connectivity index (χ0n) is 40.8. The van der Waals surface area contributed by atoms with Gasteiger partial charge in [-0.15, -0.1) is 0 Å². The molecule has 0 bridgehead atoms. The first-order valence-corrected chi connectivity index (χ1v) is 26.8. The Morgan fingerprint density at radius 1 is 0.250 bits per heavy atom. The smallest absolute Gasteiger partial charge is 0.0242 e. The predicted octanol–water partition coefficient (Wildman–Crippen LogP) is 20.2. The first kappa shape index (κ1) is 43.2. The van der Waals surface area contributed by atoms with Crippen molar-refractivity contribution in [3.63, 3.8) is 0 Å². The van der Waals surface area contributed by atoms with Crippen molar-refractivity contribution in [2.75, 3.05) is 0 Å². The fourth-order valence-corrected chi connectivity index (χ4v) is 15.5. The van der Waals surface area contributed by atoms with Crippen molar-refractivity contribution in [2.45, 2.75) is 58.1 Å². The van der Waals surface area contributed by atoms with Gasteiger partial charge in [-0.2, -0.15) is 0 Å². The van der Waals surface area contributed by atoms with E-state index < -0.39 is 0 Å². The molecule has 12 aromatic rings. The van der Waals surface area contributed by atoms with Crippen LogP contribution in [-0.4, -0.2) is 0 Å². The fourth-order valence-electron chi connectivity index (χ4n) is 12.4. The second-order valence-electron chi connectivity index (χ2n) is 20.6. The molecule has 2 aliphatic heterocycles. The van der Waals surface area contributed by atoms with E-state index in [1.165, 1.54) is 141 Å². The molecule has 2 heteroatoms. The monoisotopic (exact) mass is 954 g/mol. The van der Waals surface area contributed by atoms with Crippen LogP contribution in [0.4, 0.5) is 0 Å². The maximum Gasteiger partial charge on any atom is 0.0242 e. The SMILES string of the molecule is CC1(C)c2ccccc2Sc2c(-c3ccc(-c4cccc5c(-c6ccccc6)c6cccc(-c7ccc(-c8cccc9c8Sc8ccccc8C9(C)C)c8ccccc78)c6cc45)c4ccccc34)cccc21. The van der Waals surface area contributed by atoms with E-state index in [9.17, 15) is 0 Å². The van der Waals surface area contributed by atoms with Crippen LogP contribution < -0.4 is 0 Å². The molecule has 2 heterocycles. The summed E-state index contributed by atoms with van der Waals surface area (Å²) in [7, 11) is 0. The molecule has 342 valence electrons. The van der Waals surface area contributed by atoms with Gasteiger partial charge >= 0.3 is 0 Å². The van der Waals surface area contributed by atoms with Crippen molar-refractivity contribution in [1.82, 2.24) is 0 Å². The Kier molecular flexibility index (Phi) is 9.88. The summed E-state index contributed by atoms with van der Waals surface area (Å²) in [5.41, 5.74) is 17.9. The maximum atomic E-state index is 2.50. The van der Waals surface area contributed by atoms with Crippen molar-refractivity contribution >= 4 is 66.6 Å². The number of fused-ring (bicyclic) bond motifs is 8. The predicted molar refractivity (Wildman–Crippen MR) is 309 cm³/mol. The second kappa shape index (κ2) is 16.5. The van der Waals surface area contributed by atoms with Crippen molar-refractivity contribution in [1.29, 1.82) is 0 Å². The van der Waals surface area contributed by atoms with E-state index in [4.69, 9.17) is 0 Å². The standard InChI is InChI=1S/C70H50S2/c1-69(2)60-32-12-14-36-64(60)71-67-56(30-18-34-62(67)69)52-40-38-50(44-22-8-10-24-46(44)52)48-26-16-28-54-58(48)42-59-49(27-17-29-55(59)66(54)43-20-6-5-7-21-43)51-39-41-53(47-25-11-9-23-45(47)51)57-31-19-35-63-68(57)72-65-37-15-13-33-61(65)70(63,3)4/h5-42H,1-4H3. The zero-order valence-corrected chi connectivity index (χ0v) is 42.4. The highest BCUT2D eigenvalue weighted by molar-refractivity contribution is 8.00. The molecule has 0 spiro atoms. The van der Waals surface area contributed by atoms with Gasteiger partial charge in [-0.25, -0.2) is 0 Å². The third-order valence-electron chi connectivity index (χ3n) is 16.0. The molecule has 0 aromatic heterocycles. The summed E-state index contributed by atoms with van der Waals surface area (Å²) in [6.45, 7) is 9.51. The van der Waals surface area contributed by atoms with E-state index in [2.05, 4.69) is 258 Å². The summed E-state index contributed by atoms with van der Waals surface area (Å²) in [4.78, 5) is 5.39. The normalized spacial score (nSPS) is 14.2. The number of hydrogen-bond donors (Lipinski definition) is 0. The average molecular weight is 955 g/mol. The van der Waals surface area contributed by atoms with Gasteiger partial charge in [0.15, 0.2) is 0 Å². The van der Waals surface area contributed by atoms with Crippen LogP contribution in [0.25, 0.3) is 98.7 Å². The highest BCUT2D eigenvalue weighted by Crippen LogP contribution is 2.55. The largest absolute Gasteiger partial charge is 0.0888 e. The lowest BCUT2D eigenvalue weighted by Gasteiger charge is -2.35. The van der Waals surface area contributed by atoms with E-state index >= 15 is 0 Å². The van der Waals surface area contributed by atoms with Gasteiger partial charge in [-0.3, -0.25) is 0 Å². The fraction of sp³-hybridized carbons (Fsp3) is 0.0857. The van der Waals surface area contributed by atoms with Crippen LogP contribution in [0, 0.1) is 0 Å². The van der Waals surface area contributed by atoms with Crippen LogP contribution in [0.15, 0.2) is 250 Å². The molecule has 0 atom stereocenters. The lowest BCUT2D eigenvalue weighted by Crippen LogP contribution is -2.23. The summed E-state index contributed by atoms with van der Waals surface area (Å²) in [6, 6.07) is 86.8. The van der Waals surface area contributed by atoms with Crippen LogP contribution in [0.5, 0.6) is 0 Å². The van der Waals surface area contributed by atoms with E-state index in [0.717, 1.165) is 0 Å². The Labute approximate surface area is 430 Å². The summed E-state index contributed by atoms with van der Waals surface area (Å²) in [5.74, 6) is 0. The Balaban J connectivity index is 0.974. The minimum Gasteiger partial charge on any atom is -0.0888 e. The Bertz CT molecular complexity index is 3960. The molecule has 0 nitrogen and oxygen atoms in total. The van der Waals surface area contributed by atoms with Crippen LogP contribution >= 0.6 is 23.5 Å². The summed E-state index contributed by atoms with van der Waals surface area (Å²) >= 11 is 3.84. The molecule has 0 amide bonds. The van der Waals surface area contributed by atoms with Gasteiger partial charge in [-0.1, -0.05) is 264 Å². The molecule has 12 aromatic carbocycles. The van der Waals surface area contributed by atoms with Gasteiger partial charge in [0, 0.05) is 30.4 Å². The molecule has 2 aliphatic rings. The molecule has 14 rings (SSSR count). The zero-order chi connectivity index (χ0) is 48.3. The van der Waals surface area contributed by atoms with Crippen molar-refractivity contribution in [3.05, 3.63) is 253 Å². The number of hydrogen-bond acceptors (Lipinski definition) is 2. The number of benzene rings is 12. The Hall–Kier alpha value is -7.62. The van der Waals surface area contributed by atoms with E-state index in [1.807, 2.05) is 23.5 Å². The number of rotatable bonds is 5. The van der Waals surface area contributed by atoms with Crippen LogP contribution in [0.1, 0.15) is 49.9 Å². The lowest BCUT2D eigenvalue weighted by atomic mass is 9.76. The lowest BCUT2D eigenvalue weighted by molar-refractivity contribution is 0.608. The highest BCUT2D eigenvalue weighted by atomic mass is 32.2. The third kappa shape index (κ3) is 6.48. The molecule has 0 N–H and O–H groups in total. The van der Waals surface area contributed by atoms with Gasteiger partial charge in [0.1, 0.15) is 0 Å². The van der Waals surface area contributed by atoms with Gasteiger partial charge < -0.3 is 0 Å². The topological polar surface area (TPSA) is 0 Å². The summed E-state index contributed by atoms with van der Waals surface area (Å²) < 4.78 is 0. The molecular weight excluding hydrogens is 905 g/mol. The van der Waals surface area contributed by atoms with Gasteiger partial charge in [0.25, 0.3) is 0 Å². The van der Waals surface area contributed by atoms with Crippen LogP contribution in [0.2, 0.25) is 0 Å². The molecule has 72 heavy (non-hydrogen) atoms. The van der Waals surface area contributed by atoms with Gasteiger partial charge in [-0.05, 0) is 139 Å². The minimum absolute atomic E-state index is 0.107. The third-order valence-corrected chi connectivity index (χ3v) is 18.5. The van der Waals surface area contributed by atoms with E-state index in [1.54, 1.807) is 0 Å². The average Bonchev–Trinajstić information content (AvgIpc) is 3.42. The summed E-state index contributed by atoms with van der Waals surface area (Å²) in [6.07, 6.45) is 0. The molecule has 0 radical (unpaired) electrons. The van der Waals surface area contributed by atoms with Crippen LogP contribution in [-0.2, 0) is 10.8 Å². The molecule has 0 saturated heterocycles. The molecule has 0 saturated carbocycles. The first-order valence-electron chi connectivity index (χ1n) is 25.2. The first-order chi connectivity index (χ1) is 35.3. The van der Waals surface area contributed by atoms with Crippen molar-refractivity contribution in [2.24, 2.45) is 0 Å². The van der Waals surface area contributed by atoms with Gasteiger partial charge in [0.05, 0.1) is 0 Å². The van der Waals surface area contributed by atoms with Crippen molar-refractivity contribution in [3.8, 4) is 55.6 Å². The van der Waals surface area contributed by atoms with Crippen molar-refractivity contribution < 1.29 is 0 Å². The van der Waals surface area contributed by atoms with Gasteiger partial charge in [0.2, 0.25) is 0 Å². The minimum atomic E-state index is -0.107. The van der Waals surface area contributed by atoms with E-state index in [0.29, 0.717) is 0 Å². The highest BCUT2D eigenvalue weighted by Gasteiger charge is 2.36. The maximum absolute atomic E-state index is 2.50. The Morgan fingerprint density at radius 3 is 1.01 bits per heavy atom. The van der Waals surface area contributed by atoms with Crippen LogP contribution in [0.3, 0.4) is 0 Å². The Morgan fingerprint density at radius 2 is 0.569 bits per heavy atom. The van der Waals surface area contributed by atoms with E-state index in [-0.39, 0.29) is 10.8 Å². The molecular formula is C70H50S2.